The number of primary amides is 1. The van der Waals surface area contributed by atoms with Gasteiger partial charge >= 0.3 is 5.97 Å². The molecule has 0 aliphatic carbocycles. The topological polar surface area (TPSA) is 180 Å². The van der Waals surface area contributed by atoms with Crippen molar-refractivity contribution in [3.63, 3.8) is 0 Å². The first kappa shape index (κ1) is 24.5. The van der Waals surface area contributed by atoms with Crippen LogP contribution in [0.4, 0.5) is 0 Å². The van der Waals surface area contributed by atoms with E-state index in [1.807, 2.05) is 24.3 Å². The molecule has 2 aromatic carbocycles. The van der Waals surface area contributed by atoms with Gasteiger partial charge in [0.05, 0.1) is 12.5 Å². The molecular weight excluding hydrogens is 438 g/mol. The second kappa shape index (κ2) is 11.1. The summed E-state index contributed by atoms with van der Waals surface area (Å²) in [6.07, 6.45) is 1.47. The van der Waals surface area contributed by atoms with Gasteiger partial charge in [-0.2, -0.15) is 0 Å². The van der Waals surface area contributed by atoms with Crippen LogP contribution in [0.25, 0.3) is 10.9 Å². The monoisotopic (exact) mass is 465 g/mol. The SMILES string of the molecule is NC(=O)C[C@H](NC(=O)[C@@H](N)Cc1c[nH]c2ccccc12)C(=O)N[C@@H](Cc1ccccc1)C(=O)O. The zero-order chi connectivity index (χ0) is 24.7. The second-order valence-corrected chi connectivity index (χ2v) is 7.99. The highest BCUT2D eigenvalue weighted by molar-refractivity contribution is 5.95. The van der Waals surface area contributed by atoms with Crippen molar-refractivity contribution in [3.8, 4) is 0 Å². The van der Waals surface area contributed by atoms with Crippen LogP contribution >= 0.6 is 0 Å². The van der Waals surface area contributed by atoms with E-state index < -0.39 is 48.2 Å². The molecule has 0 aliphatic rings. The highest BCUT2D eigenvalue weighted by Gasteiger charge is 2.29. The number of hydrogen-bond donors (Lipinski definition) is 6. The number of para-hydroxylation sites is 1. The maximum atomic E-state index is 12.8. The van der Waals surface area contributed by atoms with Gasteiger partial charge in [0.2, 0.25) is 17.7 Å². The number of aliphatic carboxylic acids is 1. The smallest absolute Gasteiger partial charge is 0.326 e. The number of aromatic nitrogens is 1. The average molecular weight is 466 g/mol. The van der Waals surface area contributed by atoms with Gasteiger partial charge in [-0.25, -0.2) is 4.79 Å². The van der Waals surface area contributed by atoms with Crippen molar-refractivity contribution in [1.82, 2.24) is 15.6 Å². The van der Waals surface area contributed by atoms with Crippen LogP contribution in [-0.4, -0.2) is 51.9 Å². The summed E-state index contributed by atoms with van der Waals surface area (Å²) in [4.78, 5) is 51.8. The number of carboxylic acid groups (broad SMARTS) is 1. The molecule has 10 heteroatoms. The van der Waals surface area contributed by atoms with Crippen LogP contribution in [-0.2, 0) is 32.0 Å². The number of nitrogens with two attached hydrogens (primary N) is 2. The molecule has 0 spiro atoms. The number of benzene rings is 2. The molecule has 0 aliphatic heterocycles. The fourth-order valence-electron chi connectivity index (χ4n) is 3.64. The molecule has 3 rings (SSSR count). The van der Waals surface area contributed by atoms with Crippen molar-refractivity contribution >= 4 is 34.6 Å². The number of hydrogen-bond acceptors (Lipinski definition) is 5. The lowest BCUT2D eigenvalue weighted by Crippen LogP contribution is -2.56. The van der Waals surface area contributed by atoms with Crippen LogP contribution in [0.3, 0.4) is 0 Å². The van der Waals surface area contributed by atoms with Gasteiger partial charge in [-0.1, -0.05) is 48.5 Å². The summed E-state index contributed by atoms with van der Waals surface area (Å²) < 4.78 is 0. The predicted molar refractivity (Wildman–Crippen MR) is 125 cm³/mol. The van der Waals surface area contributed by atoms with Crippen LogP contribution in [0.5, 0.6) is 0 Å². The Morgan fingerprint density at radius 3 is 2.21 bits per heavy atom. The van der Waals surface area contributed by atoms with Crippen LogP contribution in [0.1, 0.15) is 17.5 Å². The summed E-state index contributed by atoms with van der Waals surface area (Å²) in [5.74, 6) is -3.59. The van der Waals surface area contributed by atoms with Crippen LogP contribution < -0.4 is 22.1 Å². The lowest BCUT2D eigenvalue weighted by Gasteiger charge is -2.22. The van der Waals surface area contributed by atoms with Gasteiger partial charge < -0.3 is 32.2 Å². The van der Waals surface area contributed by atoms with E-state index in [1.165, 1.54) is 0 Å². The van der Waals surface area contributed by atoms with E-state index in [4.69, 9.17) is 11.5 Å². The first-order chi connectivity index (χ1) is 16.2. The molecule has 178 valence electrons. The zero-order valence-corrected chi connectivity index (χ0v) is 18.4. The number of fused-ring (bicyclic) bond motifs is 1. The molecule has 10 nitrogen and oxygen atoms in total. The predicted octanol–water partition coefficient (Wildman–Crippen LogP) is 0.210. The number of carboxylic acids is 1. The van der Waals surface area contributed by atoms with Crippen molar-refractivity contribution in [2.45, 2.75) is 37.4 Å². The quantitative estimate of drug-likeness (QED) is 0.235. The van der Waals surface area contributed by atoms with E-state index in [1.54, 1.807) is 36.5 Å². The normalized spacial score (nSPS) is 13.6. The first-order valence-corrected chi connectivity index (χ1v) is 10.7. The number of amides is 3. The third-order valence-corrected chi connectivity index (χ3v) is 5.39. The maximum absolute atomic E-state index is 12.8. The molecule has 0 saturated heterocycles. The molecule has 0 unspecified atom stereocenters. The summed E-state index contributed by atoms with van der Waals surface area (Å²) in [6, 6.07) is 12.7. The van der Waals surface area contributed by atoms with Crippen LogP contribution in [0.2, 0.25) is 0 Å². The fraction of sp³-hybridized carbons (Fsp3) is 0.250. The fourth-order valence-corrected chi connectivity index (χ4v) is 3.64. The van der Waals surface area contributed by atoms with Gasteiger partial charge in [0.25, 0.3) is 0 Å². The van der Waals surface area contributed by atoms with Crippen molar-refractivity contribution in [2.75, 3.05) is 0 Å². The third-order valence-electron chi connectivity index (χ3n) is 5.39. The summed E-state index contributed by atoms with van der Waals surface area (Å²) in [5, 5.41) is 15.3. The minimum atomic E-state index is -1.36. The molecule has 8 N–H and O–H groups in total. The molecule has 3 aromatic rings. The minimum absolute atomic E-state index is 0.0270. The van der Waals surface area contributed by atoms with Crippen molar-refractivity contribution in [3.05, 3.63) is 71.9 Å². The Bertz CT molecular complexity index is 1180. The van der Waals surface area contributed by atoms with E-state index >= 15 is 0 Å². The third kappa shape index (κ3) is 6.42. The molecule has 0 saturated carbocycles. The average Bonchev–Trinajstić information content (AvgIpc) is 3.21. The molecule has 3 amide bonds. The largest absolute Gasteiger partial charge is 0.480 e. The Morgan fingerprint density at radius 1 is 0.882 bits per heavy atom. The van der Waals surface area contributed by atoms with E-state index in [9.17, 15) is 24.3 Å². The lowest BCUT2D eigenvalue weighted by molar-refractivity contribution is -0.142. The Kier molecular flexibility index (Phi) is 7.99. The van der Waals surface area contributed by atoms with Crippen molar-refractivity contribution in [1.29, 1.82) is 0 Å². The molecule has 0 bridgehead atoms. The zero-order valence-electron chi connectivity index (χ0n) is 18.4. The van der Waals surface area contributed by atoms with Gasteiger partial charge in [0, 0.05) is 23.5 Å². The van der Waals surface area contributed by atoms with Crippen LogP contribution in [0, 0.1) is 0 Å². The molecule has 1 aromatic heterocycles. The summed E-state index contributed by atoms with van der Waals surface area (Å²) >= 11 is 0. The standard InChI is InChI=1S/C24H27N5O5/c25-17(11-15-13-27-18-9-5-4-8-16(15)18)22(31)28-19(12-21(26)30)23(32)29-20(24(33)34)10-14-6-2-1-3-7-14/h1-9,13,17,19-20,27H,10-12,25H2,(H2,26,30)(H,28,31)(H,29,32)(H,33,34)/t17-,19-,20-/m0/s1. The molecule has 0 radical (unpaired) electrons. The number of H-pyrrole nitrogens is 1. The van der Waals surface area contributed by atoms with E-state index in [0.717, 1.165) is 16.5 Å². The van der Waals surface area contributed by atoms with Crippen molar-refractivity contribution in [2.24, 2.45) is 11.5 Å². The number of rotatable bonds is 11. The van der Waals surface area contributed by atoms with Crippen molar-refractivity contribution < 1.29 is 24.3 Å². The first-order valence-electron chi connectivity index (χ1n) is 10.7. The Labute approximate surface area is 195 Å². The Morgan fingerprint density at radius 2 is 1.53 bits per heavy atom. The number of nitrogens with one attached hydrogen (secondary N) is 3. The molecule has 1 heterocycles. The summed E-state index contributed by atoms with van der Waals surface area (Å²) in [6.45, 7) is 0. The number of carbonyl (C=O) groups is 4. The molecular formula is C24H27N5O5. The lowest BCUT2D eigenvalue weighted by atomic mass is 10.0. The van der Waals surface area contributed by atoms with E-state index in [0.29, 0.717) is 5.56 Å². The molecule has 34 heavy (non-hydrogen) atoms. The molecule has 3 atom stereocenters. The second-order valence-electron chi connectivity index (χ2n) is 7.99. The van der Waals surface area contributed by atoms with Crippen LogP contribution in [0.15, 0.2) is 60.8 Å². The van der Waals surface area contributed by atoms with Gasteiger partial charge in [0.15, 0.2) is 0 Å². The van der Waals surface area contributed by atoms with E-state index in [-0.39, 0.29) is 12.8 Å². The number of aromatic amines is 1. The molecule has 0 fully saturated rings. The highest BCUT2D eigenvalue weighted by Crippen LogP contribution is 2.18. The number of carbonyl (C=O) groups excluding carboxylic acids is 3. The van der Waals surface area contributed by atoms with Gasteiger partial charge in [-0.05, 0) is 23.6 Å². The highest BCUT2D eigenvalue weighted by atomic mass is 16.4. The van der Waals surface area contributed by atoms with Gasteiger partial charge in [0.1, 0.15) is 12.1 Å². The Hall–Kier alpha value is -4.18. The minimum Gasteiger partial charge on any atom is -0.480 e. The maximum Gasteiger partial charge on any atom is 0.326 e. The summed E-state index contributed by atoms with van der Waals surface area (Å²) in [5.41, 5.74) is 13.7. The van der Waals surface area contributed by atoms with E-state index in [2.05, 4.69) is 15.6 Å². The van der Waals surface area contributed by atoms with Gasteiger partial charge in [-0.3, -0.25) is 14.4 Å². The van der Waals surface area contributed by atoms with Gasteiger partial charge in [-0.15, -0.1) is 0 Å². The summed E-state index contributed by atoms with van der Waals surface area (Å²) in [7, 11) is 0. The Balaban J connectivity index is 1.67.